The van der Waals surface area contributed by atoms with Crippen LogP contribution in [0.1, 0.15) is 11.3 Å². The molecule has 0 saturated carbocycles. The Labute approximate surface area is 190 Å². The summed E-state index contributed by atoms with van der Waals surface area (Å²) >= 11 is 0. The van der Waals surface area contributed by atoms with Crippen LogP contribution < -0.4 is 15.1 Å². The number of anilines is 1. The van der Waals surface area contributed by atoms with Gasteiger partial charge in [0.05, 0.1) is 6.54 Å². The Balaban J connectivity index is 1.23. The van der Waals surface area contributed by atoms with Crippen molar-refractivity contribution >= 4 is 11.7 Å². The zero-order chi connectivity index (χ0) is 23.0. The number of carbonyl (C=O) groups excluding carboxylic acids is 1. The fourth-order valence-corrected chi connectivity index (χ4v) is 3.58. The Hall–Kier alpha value is -3.65. The summed E-state index contributed by atoms with van der Waals surface area (Å²) in [5, 5.41) is 0. The Kier molecular flexibility index (Phi) is 7.36. The van der Waals surface area contributed by atoms with Gasteiger partial charge in [-0.1, -0.05) is 30.3 Å². The molecule has 3 aromatic rings. The molecule has 1 aliphatic heterocycles. The predicted molar refractivity (Wildman–Crippen MR) is 121 cm³/mol. The second-order valence-corrected chi connectivity index (χ2v) is 7.75. The lowest BCUT2D eigenvalue weighted by molar-refractivity contribution is -0.147. The summed E-state index contributed by atoms with van der Waals surface area (Å²) in [6, 6.07) is 17.2. The SMILES string of the molecule is O=C(COc1coc(CN2CCN(c3ccc(F)cc3)CC2)cc1=O)OCc1ccccc1. The van der Waals surface area contributed by atoms with Gasteiger partial charge in [-0.15, -0.1) is 0 Å². The van der Waals surface area contributed by atoms with Gasteiger partial charge in [0, 0.05) is 37.9 Å². The lowest BCUT2D eigenvalue weighted by atomic mass is 10.2. The molecule has 172 valence electrons. The van der Waals surface area contributed by atoms with E-state index in [9.17, 15) is 14.0 Å². The quantitative estimate of drug-likeness (QED) is 0.486. The minimum Gasteiger partial charge on any atom is -0.475 e. The normalized spacial score (nSPS) is 14.2. The molecule has 1 saturated heterocycles. The van der Waals surface area contributed by atoms with Crippen molar-refractivity contribution in [2.24, 2.45) is 0 Å². The van der Waals surface area contributed by atoms with Crippen molar-refractivity contribution in [3.05, 3.63) is 94.3 Å². The molecule has 1 fully saturated rings. The average molecular weight is 452 g/mol. The number of esters is 1. The fourth-order valence-electron chi connectivity index (χ4n) is 3.58. The van der Waals surface area contributed by atoms with E-state index in [1.807, 2.05) is 30.3 Å². The van der Waals surface area contributed by atoms with E-state index in [1.165, 1.54) is 24.5 Å². The van der Waals surface area contributed by atoms with Crippen LogP contribution in [0.15, 0.2) is 76.1 Å². The molecule has 0 amide bonds. The molecule has 7 nitrogen and oxygen atoms in total. The number of halogens is 1. The highest BCUT2D eigenvalue weighted by molar-refractivity contribution is 5.71. The molecular weight excluding hydrogens is 427 g/mol. The minimum absolute atomic E-state index is 0.0310. The number of ether oxygens (including phenoxy) is 2. The van der Waals surface area contributed by atoms with Crippen molar-refractivity contribution in [1.29, 1.82) is 0 Å². The van der Waals surface area contributed by atoms with Crippen LogP contribution in [-0.2, 0) is 22.7 Å². The van der Waals surface area contributed by atoms with Gasteiger partial charge in [0.1, 0.15) is 24.4 Å². The van der Waals surface area contributed by atoms with Crippen LogP contribution in [0.4, 0.5) is 10.1 Å². The highest BCUT2D eigenvalue weighted by atomic mass is 19.1. The molecule has 0 aliphatic carbocycles. The van der Waals surface area contributed by atoms with Crippen molar-refractivity contribution in [2.75, 3.05) is 37.7 Å². The molecule has 0 spiro atoms. The topological polar surface area (TPSA) is 72.2 Å². The van der Waals surface area contributed by atoms with Crippen molar-refractivity contribution in [1.82, 2.24) is 4.90 Å². The smallest absolute Gasteiger partial charge is 0.344 e. The molecule has 0 bridgehead atoms. The standard InChI is InChI=1S/C25H25FN2O5/c26-20-6-8-21(9-7-20)28-12-10-27(11-13-28)15-22-14-23(29)24(17-31-22)32-18-25(30)33-16-19-4-2-1-3-5-19/h1-9,14,17H,10-13,15-16,18H2. The molecule has 33 heavy (non-hydrogen) atoms. The van der Waals surface area contributed by atoms with E-state index in [-0.39, 0.29) is 30.2 Å². The van der Waals surface area contributed by atoms with Crippen molar-refractivity contribution in [3.63, 3.8) is 0 Å². The Bertz CT molecular complexity index is 1110. The third-order valence-corrected chi connectivity index (χ3v) is 5.38. The van der Waals surface area contributed by atoms with Crippen molar-refractivity contribution in [2.45, 2.75) is 13.2 Å². The van der Waals surface area contributed by atoms with Crippen LogP contribution in [0.2, 0.25) is 0 Å². The van der Waals surface area contributed by atoms with E-state index in [4.69, 9.17) is 13.9 Å². The van der Waals surface area contributed by atoms with Gasteiger partial charge in [-0.05, 0) is 29.8 Å². The van der Waals surface area contributed by atoms with Crippen LogP contribution in [0.5, 0.6) is 5.75 Å². The number of rotatable bonds is 8. The average Bonchev–Trinajstić information content (AvgIpc) is 2.84. The van der Waals surface area contributed by atoms with Crippen molar-refractivity contribution < 1.29 is 23.1 Å². The zero-order valence-corrected chi connectivity index (χ0v) is 18.1. The van der Waals surface area contributed by atoms with Crippen LogP contribution in [0.3, 0.4) is 0 Å². The first-order valence-electron chi connectivity index (χ1n) is 10.7. The molecule has 4 rings (SSSR count). The molecule has 1 aromatic heterocycles. The van der Waals surface area contributed by atoms with E-state index in [0.29, 0.717) is 12.3 Å². The third-order valence-electron chi connectivity index (χ3n) is 5.38. The third kappa shape index (κ3) is 6.43. The van der Waals surface area contributed by atoms with E-state index in [0.717, 1.165) is 37.4 Å². The summed E-state index contributed by atoms with van der Waals surface area (Å²) in [6.45, 7) is 3.42. The highest BCUT2D eigenvalue weighted by Gasteiger charge is 2.19. The lowest BCUT2D eigenvalue weighted by Gasteiger charge is -2.35. The molecule has 0 unspecified atom stereocenters. The van der Waals surface area contributed by atoms with Crippen LogP contribution in [0.25, 0.3) is 0 Å². The number of benzene rings is 2. The minimum atomic E-state index is -0.568. The Morgan fingerprint density at radius 2 is 1.73 bits per heavy atom. The first-order chi connectivity index (χ1) is 16.1. The maximum absolute atomic E-state index is 13.1. The Morgan fingerprint density at radius 3 is 2.42 bits per heavy atom. The zero-order valence-electron chi connectivity index (χ0n) is 18.1. The Morgan fingerprint density at radius 1 is 1.00 bits per heavy atom. The van der Waals surface area contributed by atoms with E-state index < -0.39 is 5.97 Å². The summed E-state index contributed by atoms with van der Waals surface area (Å²) in [7, 11) is 0. The van der Waals surface area contributed by atoms with E-state index in [2.05, 4.69) is 9.80 Å². The second kappa shape index (κ2) is 10.8. The first-order valence-corrected chi connectivity index (χ1v) is 10.7. The summed E-state index contributed by atoms with van der Waals surface area (Å²) < 4.78 is 29.1. The summed E-state index contributed by atoms with van der Waals surface area (Å²) in [5.74, 6) is -0.323. The van der Waals surface area contributed by atoms with Crippen LogP contribution in [0, 0.1) is 5.82 Å². The maximum Gasteiger partial charge on any atom is 0.344 e. The maximum atomic E-state index is 13.1. The van der Waals surface area contributed by atoms with Gasteiger partial charge in [0.2, 0.25) is 11.2 Å². The molecule has 2 heterocycles. The molecular formula is C25H25FN2O5. The lowest BCUT2D eigenvalue weighted by Crippen LogP contribution is -2.46. The van der Waals surface area contributed by atoms with Gasteiger partial charge in [-0.2, -0.15) is 0 Å². The van der Waals surface area contributed by atoms with Gasteiger partial charge in [-0.25, -0.2) is 9.18 Å². The van der Waals surface area contributed by atoms with Crippen LogP contribution >= 0.6 is 0 Å². The number of hydrogen-bond donors (Lipinski definition) is 0. The molecule has 0 radical (unpaired) electrons. The monoisotopic (exact) mass is 452 g/mol. The second-order valence-electron chi connectivity index (χ2n) is 7.75. The molecule has 1 aliphatic rings. The number of nitrogens with zero attached hydrogens (tertiary/aromatic N) is 2. The predicted octanol–water partition coefficient (Wildman–Crippen LogP) is 3.22. The van der Waals surface area contributed by atoms with Crippen LogP contribution in [-0.4, -0.2) is 43.7 Å². The van der Waals surface area contributed by atoms with Gasteiger partial charge >= 0.3 is 5.97 Å². The van der Waals surface area contributed by atoms with E-state index in [1.54, 1.807) is 12.1 Å². The largest absolute Gasteiger partial charge is 0.475 e. The summed E-state index contributed by atoms with van der Waals surface area (Å²) in [6.07, 6.45) is 1.23. The molecule has 0 atom stereocenters. The number of hydrogen-bond acceptors (Lipinski definition) is 7. The van der Waals surface area contributed by atoms with Gasteiger partial charge < -0.3 is 18.8 Å². The highest BCUT2D eigenvalue weighted by Crippen LogP contribution is 2.18. The number of piperazine rings is 1. The van der Waals surface area contributed by atoms with E-state index >= 15 is 0 Å². The summed E-state index contributed by atoms with van der Waals surface area (Å²) in [5.41, 5.74) is 1.51. The molecule has 0 N–H and O–H groups in total. The van der Waals surface area contributed by atoms with Crippen molar-refractivity contribution in [3.8, 4) is 5.75 Å². The first kappa shape index (κ1) is 22.5. The van der Waals surface area contributed by atoms with Gasteiger partial charge in [0.25, 0.3) is 0 Å². The fraction of sp³-hybridized carbons (Fsp3) is 0.280. The van der Waals surface area contributed by atoms with Gasteiger partial charge in [0.15, 0.2) is 6.61 Å². The number of carbonyl (C=O) groups is 1. The molecule has 2 aromatic carbocycles. The molecule has 8 heteroatoms. The summed E-state index contributed by atoms with van der Waals surface area (Å²) in [4.78, 5) is 28.6. The van der Waals surface area contributed by atoms with Gasteiger partial charge in [-0.3, -0.25) is 9.69 Å².